The van der Waals surface area contributed by atoms with Gasteiger partial charge in [0.25, 0.3) is 0 Å². The zero-order chi connectivity index (χ0) is 16.7. The Bertz CT molecular complexity index is 751. The smallest absolute Gasteiger partial charge is 0.325 e. The van der Waals surface area contributed by atoms with Crippen molar-refractivity contribution in [1.29, 1.82) is 0 Å². The van der Waals surface area contributed by atoms with Gasteiger partial charge in [0.2, 0.25) is 0 Å². The molecular weight excluding hydrogens is 298 g/mol. The maximum Gasteiger partial charge on any atom is 0.325 e. The second-order valence-corrected chi connectivity index (χ2v) is 7.31. The first-order chi connectivity index (χ1) is 11.6. The van der Waals surface area contributed by atoms with Crippen molar-refractivity contribution in [3.05, 3.63) is 48.3 Å². The Morgan fingerprint density at radius 3 is 2.79 bits per heavy atom. The van der Waals surface area contributed by atoms with E-state index in [0.29, 0.717) is 12.0 Å². The molecular formula is C20H25N3O. The SMILES string of the molecule is Cc1ccccc1-c1ccn(C(=O)N[C@H]2CN3CCC2CC3C)c1. The molecule has 1 N–H and O–H groups in total. The number of carbonyl (C=O) groups is 1. The van der Waals surface area contributed by atoms with Gasteiger partial charge < -0.3 is 5.32 Å². The molecule has 126 valence electrons. The van der Waals surface area contributed by atoms with Crippen molar-refractivity contribution in [3.63, 3.8) is 0 Å². The molecule has 3 unspecified atom stereocenters. The van der Waals surface area contributed by atoms with Gasteiger partial charge >= 0.3 is 6.03 Å². The monoisotopic (exact) mass is 323 g/mol. The van der Waals surface area contributed by atoms with Gasteiger partial charge in [0.15, 0.2) is 0 Å². The van der Waals surface area contributed by atoms with Crippen LogP contribution in [0.25, 0.3) is 11.1 Å². The van der Waals surface area contributed by atoms with E-state index in [0.717, 1.165) is 12.1 Å². The zero-order valence-corrected chi connectivity index (χ0v) is 14.4. The molecule has 0 aliphatic carbocycles. The van der Waals surface area contributed by atoms with E-state index in [1.807, 2.05) is 30.6 Å². The lowest BCUT2D eigenvalue weighted by Gasteiger charge is -2.48. The van der Waals surface area contributed by atoms with Crippen LogP contribution in [0.2, 0.25) is 0 Å². The van der Waals surface area contributed by atoms with Crippen LogP contribution in [-0.4, -0.2) is 40.7 Å². The van der Waals surface area contributed by atoms with Crippen LogP contribution < -0.4 is 5.32 Å². The van der Waals surface area contributed by atoms with Crippen LogP contribution >= 0.6 is 0 Å². The highest BCUT2D eigenvalue weighted by atomic mass is 16.2. The molecule has 3 fully saturated rings. The number of nitrogens with one attached hydrogen (secondary N) is 1. The zero-order valence-electron chi connectivity index (χ0n) is 14.4. The van der Waals surface area contributed by atoms with E-state index in [-0.39, 0.29) is 12.1 Å². The summed E-state index contributed by atoms with van der Waals surface area (Å²) in [6, 6.07) is 11.2. The molecule has 3 saturated heterocycles. The van der Waals surface area contributed by atoms with Gasteiger partial charge in [-0.1, -0.05) is 24.3 Å². The summed E-state index contributed by atoms with van der Waals surface area (Å²) in [6.07, 6.45) is 6.20. The lowest BCUT2D eigenvalue weighted by molar-refractivity contribution is 0.0322. The fourth-order valence-corrected chi connectivity index (χ4v) is 4.27. The lowest BCUT2D eigenvalue weighted by Crippen LogP contribution is -2.60. The van der Waals surface area contributed by atoms with Crippen molar-refractivity contribution in [2.45, 2.75) is 38.8 Å². The van der Waals surface area contributed by atoms with Crippen molar-refractivity contribution in [1.82, 2.24) is 14.8 Å². The molecule has 3 aliphatic heterocycles. The molecule has 0 spiro atoms. The Morgan fingerprint density at radius 1 is 1.25 bits per heavy atom. The number of aromatic nitrogens is 1. The van der Waals surface area contributed by atoms with Crippen molar-refractivity contribution in [2.24, 2.45) is 5.92 Å². The van der Waals surface area contributed by atoms with Gasteiger partial charge in [-0.2, -0.15) is 0 Å². The van der Waals surface area contributed by atoms with Gasteiger partial charge in [0, 0.05) is 36.6 Å². The summed E-state index contributed by atoms with van der Waals surface area (Å²) in [5.41, 5.74) is 3.49. The molecule has 1 aromatic heterocycles. The normalized spacial score (nSPS) is 28.8. The van der Waals surface area contributed by atoms with Crippen LogP contribution in [0.5, 0.6) is 0 Å². The maximum absolute atomic E-state index is 12.6. The molecule has 2 aromatic rings. The Hall–Kier alpha value is -2.07. The first-order valence-corrected chi connectivity index (χ1v) is 8.91. The molecule has 3 aliphatic rings. The van der Waals surface area contributed by atoms with E-state index in [2.05, 4.69) is 36.2 Å². The fourth-order valence-electron chi connectivity index (χ4n) is 4.27. The number of hydrogen-bond acceptors (Lipinski definition) is 2. The summed E-state index contributed by atoms with van der Waals surface area (Å²) in [5.74, 6) is 0.625. The number of nitrogens with zero attached hydrogens (tertiary/aromatic N) is 2. The predicted octanol–water partition coefficient (Wildman–Crippen LogP) is 3.50. The third-order valence-corrected chi connectivity index (χ3v) is 5.75. The molecule has 2 bridgehead atoms. The third-order valence-electron chi connectivity index (χ3n) is 5.75. The van der Waals surface area contributed by atoms with Gasteiger partial charge in [-0.05, 0) is 56.3 Å². The molecule has 5 rings (SSSR count). The lowest BCUT2D eigenvalue weighted by atomic mass is 9.80. The summed E-state index contributed by atoms with van der Waals surface area (Å²) in [7, 11) is 0. The topological polar surface area (TPSA) is 37.3 Å². The van der Waals surface area contributed by atoms with E-state index < -0.39 is 0 Å². The first kappa shape index (κ1) is 15.5. The Kier molecular flexibility index (Phi) is 3.93. The van der Waals surface area contributed by atoms with E-state index in [9.17, 15) is 4.79 Å². The van der Waals surface area contributed by atoms with E-state index in [1.54, 1.807) is 4.57 Å². The van der Waals surface area contributed by atoms with Gasteiger partial charge in [0.05, 0.1) is 0 Å². The van der Waals surface area contributed by atoms with Crippen LogP contribution in [0.4, 0.5) is 4.79 Å². The van der Waals surface area contributed by atoms with Gasteiger partial charge in [-0.3, -0.25) is 9.47 Å². The van der Waals surface area contributed by atoms with Crippen molar-refractivity contribution < 1.29 is 4.79 Å². The van der Waals surface area contributed by atoms with Crippen LogP contribution in [0.3, 0.4) is 0 Å². The summed E-state index contributed by atoms with van der Waals surface area (Å²) < 4.78 is 1.68. The maximum atomic E-state index is 12.6. The van der Waals surface area contributed by atoms with Crippen molar-refractivity contribution >= 4 is 6.03 Å². The number of piperidine rings is 3. The number of aryl methyl sites for hydroxylation is 1. The number of amides is 1. The number of hydrogen-bond donors (Lipinski definition) is 1. The van der Waals surface area contributed by atoms with E-state index in [1.165, 1.54) is 30.5 Å². The first-order valence-electron chi connectivity index (χ1n) is 8.91. The minimum atomic E-state index is -0.0127. The number of rotatable bonds is 2. The molecule has 4 nitrogen and oxygen atoms in total. The van der Waals surface area contributed by atoms with Crippen LogP contribution in [0, 0.1) is 12.8 Å². The van der Waals surface area contributed by atoms with E-state index >= 15 is 0 Å². The van der Waals surface area contributed by atoms with Gasteiger partial charge in [0.1, 0.15) is 0 Å². The largest absolute Gasteiger partial charge is 0.333 e. The average Bonchev–Trinajstić information content (AvgIpc) is 3.06. The summed E-state index contributed by atoms with van der Waals surface area (Å²) in [5, 5.41) is 3.25. The highest BCUT2D eigenvalue weighted by Gasteiger charge is 2.38. The minimum absolute atomic E-state index is 0.0127. The summed E-state index contributed by atoms with van der Waals surface area (Å²) in [4.78, 5) is 15.1. The predicted molar refractivity (Wildman–Crippen MR) is 96.1 cm³/mol. The van der Waals surface area contributed by atoms with Gasteiger partial charge in [-0.15, -0.1) is 0 Å². The quantitative estimate of drug-likeness (QED) is 0.918. The Morgan fingerprint density at radius 2 is 2.08 bits per heavy atom. The second kappa shape index (κ2) is 6.10. The molecule has 0 saturated carbocycles. The standard InChI is InChI=1S/C20H25N3O/c1-14-5-3-4-6-18(14)17-8-10-23(12-17)20(24)21-19-13-22-9-7-16(19)11-15(22)2/h3-6,8,10,12,15-16,19H,7,9,11,13H2,1-2H3,(H,21,24)/t15?,16?,19-/m0/s1. The molecule has 4 atom stereocenters. The molecule has 4 heterocycles. The van der Waals surface area contributed by atoms with E-state index in [4.69, 9.17) is 0 Å². The minimum Gasteiger partial charge on any atom is -0.333 e. The van der Waals surface area contributed by atoms with Gasteiger partial charge in [-0.25, -0.2) is 4.79 Å². The van der Waals surface area contributed by atoms with Crippen molar-refractivity contribution in [2.75, 3.05) is 13.1 Å². The van der Waals surface area contributed by atoms with Crippen LogP contribution in [0.15, 0.2) is 42.7 Å². The number of fused-ring (bicyclic) bond motifs is 3. The average molecular weight is 323 g/mol. The van der Waals surface area contributed by atoms with Crippen LogP contribution in [0.1, 0.15) is 25.3 Å². The third kappa shape index (κ3) is 2.75. The molecule has 1 amide bonds. The molecule has 0 radical (unpaired) electrons. The molecule has 24 heavy (non-hydrogen) atoms. The van der Waals surface area contributed by atoms with Crippen molar-refractivity contribution in [3.8, 4) is 11.1 Å². The molecule has 4 heteroatoms. The highest BCUT2D eigenvalue weighted by molar-refractivity contribution is 5.79. The Labute approximate surface area is 143 Å². The number of carbonyl (C=O) groups excluding carboxylic acids is 1. The highest BCUT2D eigenvalue weighted by Crippen LogP contribution is 2.32. The summed E-state index contributed by atoms with van der Waals surface area (Å²) >= 11 is 0. The number of benzene rings is 1. The molecule has 1 aromatic carbocycles. The second-order valence-electron chi connectivity index (χ2n) is 7.31. The Balaban J connectivity index is 1.47. The van der Waals surface area contributed by atoms with Crippen LogP contribution in [-0.2, 0) is 0 Å². The fraction of sp³-hybridized carbons (Fsp3) is 0.450. The summed E-state index contributed by atoms with van der Waals surface area (Å²) in [6.45, 7) is 6.56.